The van der Waals surface area contributed by atoms with Crippen LogP contribution in [0.15, 0.2) is 115 Å². The fourth-order valence-electron chi connectivity index (χ4n) is 4.57. The molecule has 1 amide bonds. The van der Waals surface area contributed by atoms with E-state index >= 15 is 0 Å². The Kier molecular flexibility index (Phi) is 6.86. The first kappa shape index (κ1) is 24.1. The number of nitrogens with zero attached hydrogens (tertiary/aromatic N) is 1. The summed E-state index contributed by atoms with van der Waals surface area (Å²) in [7, 11) is 0. The van der Waals surface area contributed by atoms with Crippen molar-refractivity contribution in [1.82, 2.24) is 0 Å². The molecule has 0 spiro atoms. The van der Waals surface area contributed by atoms with E-state index in [0.717, 1.165) is 17.5 Å². The molecule has 0 saturated carbocycles. The van der Waals surface area contributed by atoms with Crippen LogP contribution in [0.4, 0.5) is 5.69 Å². The van der Waals surface area contributed by atoms with Gasteiger partial charge in [-0.2, -0.15) is 0 Å². The number of Topliss-reactive ketones (excluding diaryl/α,β-unsaturated/α-hetero) is 1. The predicted octanol–water partition coefficient (Wildman–Crippen LogP) is 6.45. The molecule has 1 heterocycles. The molecule has 5 heteroatoms. The Morgan fingerprint density at radius 2 is 1.49 bits per heavy atom. The monoisotopic (exact) mass is 489 g/mol. The van der Waals surface area contributed by atoms with E-state index < -0.39 is 17.7 Å². The normalized spacial score (nSPS) is 16.7. The summed E-state index contributed by atoms with van der Waals surface area (Å²) in [6.45, 7) is 2.43. The van der Waals surface area contributed by atoms with Crippen molar-refractivity contribution in [3.63, 3.8) is 0 Å². The lowest BCUT2D eigenvalue weighted by Gasteiger charge is -2.25. The summed E-state index contributed by atoms with van der Waals surface area (Å²) >= 11 is 0. The topological polar surface area (TPSA) is 66.8 Å². The van der Waals surface area contributed by atoms with Crippen LogP contribution in [0.2, 0.25) is 0 Å². The number of aryl methyl sites for hydroxylation is 1. The van der Waals surface area contributed by atoms with Gasteiger partial charge in [0, 0.05) is 11.3 Å². The fraction of sp³-hybridized carbons (Fsp3) is 0.125. The highest BCUT2D eigenvalue weighted by molar-refractivity contribution is 6.51. The average molecular weight is 490 g/mol. The van der Waals surface area contributed by atoms with Crippen molar-refractivity contribution in [1.29, 1.82) is 0 Å². The average Bonchev–Trinajstić information content (AvgIpc) is 3.22. The van der Waals surface area contributed by atoms with Crippen LogP contribution in [0.5, 0.6) is 5.75 Å². The number of hydrogen-bond acceptors (Lipinski definition) is 4. The molecule has 1 saturated heterocycles. The van der Waals surface area contributed by atoms with E-state index in [-0.39, 0.29) is 11.3 Å². The third kappa shape index (κ3) is 4.89. The second kappa shape index (κ2) is 10.5. The number of aliphatic hydroxyl groups excluding tert-OH is 1. The molecule has 4 aromatic carbocycles. The van der Waals surface area contributed by atoms with Crippen LogP contribution in [0, 0.1) is 0 Å². The molecule has 0 bridgehead atoms. The number of hydrogen-bond donors (Lipinski definition) is 1. The number of ether oxygens (including phenoxy) is 1. The Labute approximate surface area is 216 Å². The standard InChI is InChI=1S/C32H27NO4/c1-2-22-16-18-24(19-17-22)30(34)28-29(33(32(36)31(28)35)26-13-7-4-8-14-26)25-12-9-15-27(20-25)37-21-23-10-5-3-6-11-23/h3-20,29,34H,2,21H2,1H3/b30-28-. The number of ketones is 1. The number of carbonyl (C=O) groups is 2. The molecular weight excluding hydrogens is 462 g/mol. The number of carbonyl (C=O) groups excluding carboxylic acids is 2. The maximum absolute atomic E-state index is 13.4. The smallest absolute Gasteiger partial charge is 0.300 e. The van der Waals surface area contributed by atoms with Crippen LogP contribution in [0.3, 0.4) is 0 Å². The lowest BCUT2D eigenvalue weighted by Crippen LogP contribution is -2.29. The number of anilines is 1. The lowest BCUT2D eigenvalue weighted by atomic mass is 9.94. The third-order valence-electron chi connectivity index (χ3n) is 6.54. The zero-order valence-corrected chi connectivity index (χ0v) is 20.5. The molecule has 37 heavy (non-hydrogen) atoms. The van der Waals surface area contributed by atoms with Gasteiger partial charge in [-0.25, -0.2) is 0 Å². The van der Waals surface area contributed by atoms with Crippen LogP contribution in [-0.4, -0.2) is 16.8 Å². The first-order valence-corrected chi connectivity index (χ1v) is 12.3. The molecule has 0 radical (unpaired) electrons. The van der Waals surface area contributed by atoms with Gasteiger partial charge in [-0.15, -0.1) is 0 Å². The van der Waals surface area contributed by atoms with E-state index in [4.69, 9.17) is 4.74 Å². The highest BCUT2D eigenvalue weighted by Gasteiger charge is 2.47. The summed E-state index contributed by atoms with van der Waals surface area (Å²) in [6.07, 6.45) is 0.856. The summed E-state index contributed by atoms with van der Waals surface area (Å²) < 4.78 is 6.03. The van der Waals surface area contributed by atoms with E-state index in [1.54, 1.807) is 24.3 Å². The van der Waals surface area contributed by atoms with Crippen molar-refractivity contribution in [2.45, 2.75) is 26.0 Å². The predicted molar refractivity (Wildman–Crippen MR) is 144 cm³/mol. The number of aliphatic hydroxyl groups is 1. The molecule has 1 aliphatic rings. The van der Waals surface area contributed by atoms with Gasteiger partial charge in [-0.1, -0.05) is 91.9 Å². The molecule has 1 fully saturated rings. The highest BCUT2D eigenvalue weighted by Crippen LogP contribution is 2.42. The van der Waals surface area contributed by atoms with Crippen LogP contribution in [-0.2, 0) is 22.6 Å². The molecule has 1 unspecified atom stereocenters. The van der Waals surface area contributed by atoms with Crippen molar-refractivity contribution in [3.8, 4) is 5.75 Å². The maximum Gasteiger partial charge on any atom is 0.300 e. The van der Waals surface area contributed by atoms with Gasteiger partial charge in [0.1, 0.15) is 18.1 Å². The lowest BCUT2D eigenvalue weighted by molar-refractivity contribution is -0.132. The minimum absolute atomic E-state index is 0.0540. The second-order valence-corrected chi connectivity index (χ2v) is 8.90. The summed E-state index contributed by atoms with van der Waals surface area (Å²) in [5, 5.41) is 11.3. The molecule has 5 rings (SSSR count). The quantitative estimate of drug-likeness (QED) is 0.184. The fourth-order valence-corrected chi connectivity index (χ4v) is 4.57. The Morgan fingerprint density at radius 3 is 2.16 bits per heavy atom. The SMILES string of the molecule is CCc1ccc(/C(O)=C2/C(=O)C(=O)N(c3ccccc3)C2c2cccc(OCc3ccccc3)c2)cc1. The second-order valence-electron chi connectivity index (χ2n) is 8.90. The number of benzene rings is 4. The van der Waals surface area contributed by atoms with E-state index in [0.29, 0.717) is 29.2 Å². The Morgan fingerprint density at radius 1 is 0.811 bits per heavy atom. The molecule has 4 aromatic rings. The zero-order chi connectivity index (χ0) is 25.8. The molecule has 1 atom stereocenters. The highest BCUT2D eigenvalue weighted by atomic mass is 16.5. The summed E-state index contributed by atoms with van der Waals surface area (Å²) in [4.78, 5) is 28.1. The number of amides is 1. The van der Waals surface area contributed by atoms with E-state index in [9.17, 15) is 14.7 Å². The van der Waals surface area contributed by atoms with Crippen molar-refractivity contribution in [2.24, 2.45) is 0 Å². The van der Waals surface area contributed by atoms with E-state index in [1.165, 1.54) is 4.90 Å². The van der Waals surface area contributed by atoms with Crippen molar-refractivity contribution < 1.29 is 19.4 Å². The van der Waals surface area contributed by atoms with Gasteiger partial charge in [0.05, 0.1) is 11.6 Å². The summed E-state index contributed by atoms with van der Waals surface area (Å²) in [5.74, 6) is -0.993. The molecular formula is C32H27NO4. The van der Waals surface area contributed by atoms with E-state index in [2.05, 4.69) is 0 Å². The Balaban J connectivity index is 1.59. The molecule has 184 valence electrons. The van der Waals surface area contributed by atoms with Crippen molar-refractivity contribution in [3.05, 3.63) is 137 Å². The minimum atomic E-state index is -0.812. The largest absolute Gasteiger partial charge is 0.507 e. The zero-order valence-electron chi connectivity index (χ0n) is 20.5. The maximum atomic E-state index is 13.4. The van der Waals surface area contributed by atoms with Gasteiger partial charge in [0.15, 0.2) is 0 Å². The number of rotatable bonds is 7. The first-order chi connectivity index (χ1) is 18.1. The Hall–Kier alpha value is -4.64. The van der Waals surface area contributed by atoms with Crippen molar-refractivity contribution >= 4 is 23.1 Å². The van der Waals surface area contributed by atoms with Crippen LogP contribution < -0.4 is 9.64 Å². The van der Waals surface area contributed by atoms with Gasteiger partial charge >= 0.3 is 0 Å². The van der Waals surface area contributed by atoms with Gasteiger partial charge in [-0.3, -0.25) is 14.5 Å². The van der Waals surface area contributed by atoms with Gasteiger partial charge < -0.3 is 9.84 Å². The van der Waals surface area contributed by atoms with Crippen LogP contribution in [0.1, 0.15) is 35.2 Å². The van der Waals surface area contributed by atoms with E-state index in [1.807, 2.05) is 91.9 Å². The van der Waals surface area contributed by atoms with Gasteiger partial charge in [0.2, 0.25) is 0 Å². The minimum Gasteiger partial charge on any atom is -0.507 e. The van der Waals surface area contributed by atoms with Gasteiger partial charge in [0.25, 0.3) is 11.7 Å². The number of para-hydroxylation sites is 1. The molecule has 0 aliphatic carbocycles. The van der Waals surface area contributed by atoms with Crippen molar-refractivity contribution in [2.75, 3.05) is 4.90 Å². The van der Waals surface area contributed by atoms with Gasteiger partial charge in [-0.05, 0) is 47.4 Å². The summed E-state index contributed by atoms with van der Waals surface area (Å²) in [6, 6.07) is 32.8. The Bertz CT molecular complexity index is 1440. The summed E-state index contributed by atoms with van der Waals surface area (Å²) in [5.41, 5.74) is 3.92. The van der Waals surface area contributed by atoms with Crippen LogP contribution >= 0.6 is 0 Å². The molecule has 5 nitrogen and oxygen atoms in total. The molecule has 1 aliphatic heterocycles. The molecule has 0 aromatic heterocycles. The third-order valence-corrected chi connectivity index (χ3v) is 6.54. The molecule has 1 N–H and O–H groups in total. The van der Waals surface area contributed by atoms with Crippen LogP contribution in [0.25, 0.3) is 5.76 Å². The first-order valence-electron chi connectivity index (χ1n) is 12.3.